The molecule has 0 radical (unpaired) electrons. The van der Waals surface area contributed by atoms with Crippen LogP contribution in [0, 0.1) is 16.7 Å². The fourth-order valence-corrected chi connectivity index (χ4v) is 4.25. The number of ketones is 1. The number of ether oxygens (including phenoxy) is 1. The monoisotopic (exact) mass is 593 g/mol. The van der Waals surface area contributed by atoms with Crippen molar-refractivity contribution in [2.75, 3.05) is 13.2 Å². The largest absolute Gasteiger partial charge is 0.460 e. The second-order valence-electron chi connectivity index (χ2n) is 13.5. The second kappa shape index (κ2) is 15.7. The number of nitrogens with one attached hydrogen (secondary N) is 3. The summed E-state index contributed by atoms with van der Waals surface area (Å²) >= 11 is 0. The first-order valence-corrected chi connectivity index (χ1v) is 14.6. The highest BCUT2D eigenvalue weighted by atomic mass is 16.5. The quantitative estimate of drug-likeness (QED) is 0.161. The van der Waals surface area contributed by atoms with E-state index in [0.29, 0.717) is 19.3 Å². The summed E-state index contributed by atoms with van der Waals surface area (Å²) in [5.41, 5.74) is 3.94. The van der Waals surface area contributed by atoms with Crippen LogP contribution in [0.25, 0.3) is 0 Å². The van der Waals surface area contributed by atoms with E-state index in [1.54, 1.807) is 20.8 Å². The van der Waals surface area contributed by atoms with Crippen LogP contribution in [-0.4, -0.2) is 77.7 Å². The highest BCUT2D eigenvalue weighted by Crippen LogP contribution is 2.27. The van der Waals surface area contributed by atoms with Crippen LogP contribution >= 0.6 is 0 Å². The Kier molecular flexibility index (Phi) is 13.7. The van der Waals surface area contributed by atoms with Crippen LogP contribution in [0.3, 0.4) is 0 Å². The Morgan fingerprint density at radius 1 is 1.00 bits per heavy atom. The summed E-state index contributed by atoms with van der Waals surface area (Å²) in [5, 5.41) is 7.74. The second-order valence-corrected chi connectivity index (χ2v) is 13.5. The van der Waals surface area contributed by atoms with Crippen LogP contribution in [0.5, 0.6) is 0 Å². The molecule has 0 bridgehead atoms. The van der Waals surface area contributed by atoms with Crippen LogP contribution in [0.1, 0.15) is 87.5 Å². The lowest BCUT2D eigenvalue weighted by molar-refractivity contribution is -0.145. The summed E-state index contributed by atoms with van der Waals surface area (Å²) in [6.45, 7) is 18.4. The van der Waals surface area contributed by atoms with Gasteiger partial charge < -0.3 is 31.3 Å². The molecule has 0 aromatic heterocycles. The highest BCUT2D eigenvalue weighted by Gasteiger charge is 2.43. The van der Waals surface area contributed by atoms with Gasteiger partial charge in [-0.05, 0) is 42.9 Å². The van der Waals surface area contributed by atoms with Crippen molar-refractivity contribution in [2.45, 2.75) is 112 Å². The number of nitrogens with two attached hydrogens (primary N) is 1. The number of carbonyl (C=O) groups excluding carboxylic acids is 6. The molecule has 1 saturated carbocycles. The number of amides is 5. The van der Waals surface area contributed by atoms with Crippen LogP contribution < -0.4 is 21.7 Å². The van der Waals surface area contributed by atoms with Gasteiger partial charge in [-0.1, -0.05) is 74.0 Å². The average molecular weight is 594 g/mol. The number of nitrogens with zero attached hydrogens (tertiary/aromatic N) is 1. The normalized spacial score (nSPS) is 18.8. The maximum Gasteiger partial charge on any atom is 0.329 e. The maximum atomic E-state index is 13.6. The number of likely N-dealkylation sites (tertiary alicyclic amines) is 1. The van der Waals surface area contributed by atoms with Crippen molar-refractivity contribution >= 4 is 35.5 Å². The number of hydrogen-bond acceptors (Lipinski definition) is 7. The fourth-order valence-electron chi connectivity index (χ4n) is 4.25. The Bertz CT molecular complexity index is 1010. The van der Waals surface area contributed by atoms with Gasteiger partial charge in [0.25, 0.3) is 5.91 Å². The van der Waals surface area contributed by atoms with Crippen molar-refractivity contribution < 1.29 is 33.5 Å². The first-order chi connectivity index (χ1) is 19.3. The molecule has 42 heavy (non-hydrogen) atoms. The average Bonchev–Trinajstić information content (AvgIpc) is 3.48. The molecule has 0 spiro atoms. The number of Topliss-reactive ketones (excluding diaryl/α,β-unsaturated/α-hetero) is 1. The number of rotatable bonds is 11. The van der Waals surface area contributed by atoms with E-state index in [1.165, 1.54) is 30.7 Å². The van der Waals surface area contributed by atoms with E-state index in [1.807, 2.05) is 20.8 Å². The van der Waals surface area contributed by atoms with Gasteiger partial charge in [-0.2, -0.15) is 0 Å². The van der Waals surface area contributed by atoms with Crippen molar-refractivity contribution in [1.29, 1.82) is 0 Å². The van der Waals surface area contributed by atoms with Gasteiger partial charge in [0.05, 0.1) is 6.04 Å². The zero-order valence-electron chi connectivity index (χ0n) is 26.5. The Morgan fingerprint density at radius 3 is 2.02 bits per heavy atom. The Morgan fingerprint density at radius 2 is 1.57 bits per heavy atom. The molecule has 1 saturated heterocycles. The van der Waals surface area contributed by atoms with E-state index in [9.17, 15) is 28.8 Å². The summed E-state index contributed by atoms with van der Waals surface area (Å²) in [6.07, 6.45) is 5.57. The molecule has 5 amide bonds. The van der Waals surface area contributed by atoms with Crippen molar-refractivity contribution in [2.24, 2.45) is 22.5 Å². The summed E-state index contributed by atoms with van der Waals surface area (Å²) in [4.78, 5) is 76.3. The molecule has 0 aromatic carbocycles. The molecule has 4 unspecified atom stereocenters. The molecule has 1 aliphatic heterocycles. The minimum atomic E-state index is -1.17. The van der Waals surface area contributed by atoms with Crippen LogP contribution in [0.2, 0.25) is 0 Å². The van der Waals surface area contributed by atoms with Crippen molar-refractivity contribution in [3.8, 4) is 0 Å². The standard InChI is InChI=1S/C26H43N5O7.C4H8/c1-9-13-38-23(36)16(14-25(3,4)5)29-24(37)30-19(26(6,7)8)22(35)31-12-10-11-17(31)21(34)28-15(2)18(32)20(27)33;1-4-2-3-4/h9,15-17,19H,1,10-14H2,2-8H3,(H2,27,33)(H,28,34)(H2,29,30,37);4H,2-3H2,1H3. The lowest BCUT2D eigenvalue weighted by Crippen LogP contribution is -2.61. The zero-order valence-corrected chi connectivity index (χ0v) is 26.5. The van der Waals surface area contributed by atoms with Gasteiger partial charge in [0.2, 0.25) is 17.6 Å². The molecular weight excluding hydrogens is 542 g/mol. The van der Waals surface area contributed by atoms with Gasteiger partial charge in [-0.25, -0.2) is 9.59 Å². The molecule has 2 rings (SSSR count). The molecule has 2 fully saturated rings. The lowest BCUT2D eigenvalue weighted by Gasteiger charge is -2.36. The summed E-state index contributed by atoms with van der Waals surface area (Å²) in [7, 11) is 0. The number of primary amides is 1. The predicted octanol–water partition coefficient (Wildman–Crippen LogP) is 2.20. The molecule has 238 valence electrons. The molecular formula is C30H51N5O7. The lowest BCUT2D eigenvalue weighted by atomic mass is 9.85. The molecule has 1 aliphatic carbocycles. The number of urea groups is 1. The number of esters is 1. The molecule has 5 N–H and O–H groups in total. The van der Waals surface area contributed by atoms with E-state index >= 15 is 0 Å². The summed E-state index contributed by atoms with van der Waals surface area (Å²) in [6, 6.07) is -4.76. The van der Waals surface area contributed by atoms with Gasteiger partial charge in [-0.3, -0.25) is 19.2 Å². The maximum absolute atomic E-state index is 13.6. The minimum Gasteiger partial charge on any atom is -0.460 e. The van der Waals surface area contributed by atoms with Crippen molar-refractivity contribution in [1.82, 2.24) is 20.9 Å². The zero-order chi connectivity index (χ0) is 32.4. The van der Waals surface area contributed by atoms with E-state index in [2.05, 4.69) is 29.5 Å². The first kappa shape index (κ1) is 36.6. The predicted molar refractivity (Wildman–Crippen MR) is 159 cm³/mol. The Labute approximate surface area is 249 Å². The van der Waals surface area contributed by atoms with Gasteiger partial charge in [-0.15, -0.1) is 0 Å². The van der Waals surface area contributed by atoms with E-state index < -0.39 is 65.1 Å². The minimum absolute atomic E-state index is 0.00601. The molecule has 4 atom stereocenters. The van der Waals surface area contributed by atoms with Crippen molar-refractivity contribution in [3.63, 3.8) is 0 Å². The highest BCUT2D eigenvalue weighted by molar-refractivity contribution is 6.37. The molecule has 0 aromatic rings. The van der Waals surface area contributed by atoms with Crippen LogP contribution in [-0.2, 0) is 28.7 Å². The number of hydrogen-bond donors (Lipinski definition) is 4. The Hall–Kier alpha value is -3.44. The summed E-state index contributed by atoms with van der Waals surface area (Å²) in [5.74, 6) is -2.73. The SMILES string of the molecule is C=CCOC(=O)C(CC(C)(C)C)NC(=O)NC(C(=O)N1CCCC1C(=O)NC(C)C(=O)C(N)=O)C(C)(C)C.CC1CC1. The number of carbonyl (C=O) groups is 6. The first-order valence-electron chi connectivity index (χ1n) is 14.6. The van der Waals surface area contributed by atoms with Crippen molar-refractivity contribution in [3.05, 3.63) is 12.7 Å². The van der Waals surface area contributed by atoms with E-state index in [4.69, 9.17) is 10.5 Å². The van der Waals surface area contributed by atoms with E-state index in [-0.39, 0.29) is 18.6 Å². The van der Waals surface area contributed by atoms with Gasteiger partial charge >= 0.3 is 12.0 Å². The third kappa shape index (κ3) is 12.6. The van der Waals surface area contributed by atoms with Crippen LogP contribution in [0.15, 0.2) is 12.7 Å². The molecule has 1 heterocycles. The topological polar surface area (TPSA) is 177 Å². The molecule has 2 aliphatic rings. The third-order valence-electron chi connectivity index (χ3n) is 6.84. The van der Waals surface area contributed by atoms with Gasteiger partial charge in [0, 0.05) is 6.54 Å². The van der Waals surface area contributed by atoms with Gasteiger partial charge in [0.15, 0.2) is 0 Å². The molecule has 12 nitrogen and oxygen atoms in total. The van der Waals surface area contributed by atoms with Crippen LogP contribution in [0.4, 0.5) is 4.79 Å². The summed E-state index contributed by atoms with van der Waals surface area (Å²) < 4.78 is 5.13. The fraction of sp³-hybridized carbons (Fsp3) is 0.733. The molecule has 12 heteroatoms. The van der Waals surface area contributed by atoms with Gasteiger partial charge in [0.1, 0.15) is 24.7 Å². The smallest absolute Gasteiger partial charge is 0.329 e. The van der Waals surface area contributed by atoms with E-state index in [0.717, 1.165) is 5.92 Å². The Balaban J connectivity index is 0.00000202. The third-order valence-corrected chi connectivity index (χ3v) is 6.84.